The summed E-state index contributed by atoms with van der Waals surface area (Å²) in [6, 6.07) is 19.3. The van der Waals surface area contributed by atoms with E-state index >= 15 is 0 Å². The number of piperazine rings is 1. The number of benzene rings is 2. The first kappa shape index (κ1) is 19.8. The van der Waals surface area contributed by atoms with Crippen LogP contribution in [0.3, 0.4) is 0 Å². The van der Waals surface area contributed by atoms with Crippen molar-refractivity contribution in [3.63, 3.8) is 0 Å². The van der Waals surface area contributed by atoms with Crippen LogP contribution < -0.4 is 10.5 Å². The number of ether oxygens (including phenoxy) is 1. The minimum absolute atomic E-state index is 0.468. The Kier molecular flexibility index (Phi) is 5.12. The molecule has 6 nitrogen and oxygen atoms in total. The molecular weight excluding hydrogens is 398 g/mol. The number of anilines is 1. The molecule has 6 rings (SSSR count). The number of hydrogen-bond donors (Lipinski definition) is 1. The number of nitrogens with zero attached hydrogens (tertiary/aromatic N) is 4. The summed E-state index contributed by atoms with van der Waals surface area (Å²) >= 11 is 0. The van der Waals surface area contributed by atoms with Gasteiger partial charge in [0.25, 0.3) is 0 Å². The van der Waals surface area contributed by atoms with E-state index < -0.39 is 0 Å². The van der Waals surface area contributed by atoms with Gasteiger partial charge in [-0.05, 0) is 31.0 Å². The first-order valence-electron chi connectivity index (χ1n) is 11.9. The third-order valence-electron chi connectivity index (χ3n) is 7.18. The van der Waals surface area contributed by atoms with E-state index in [1.165, 1.54) is 29.7 Å². The lowest BCUT2D eigenvalue weighted by atomic mass is 9.98. The predicted molar refractivity (Wildman–Crippen MR) is 126 cm³/mol. The van der Waals surface area contributed by atoms with E-state index in [-0.39, 0.29) is 0 Å². The Morgan fingerprint density at radius 1 is 0.906 bits per heavy atom. The SMILES string of the molecule is Nc1c(CN2CCN(C3CCOc4ccccc43)CC2)c(C2CC2)nn1-c1ccccc1. The van der Waals surface area contributed by atoms with Gasteiger partial charge in [0.1, 0.15) is 11.6 Å². The Morgan fingerprint density at radius 2 is 1.66 bits per heavy atom. The second-order valence-corrected chi connectivity index (χ2v) is 9.27. The summed E-state index contributed by atoms with van der Waals surface area (Å²) < 4.78 is 7.82. The molecule has 3 aromatic rings. The molecule has 1 aliphatic carbocycles. The van der Waals surface area contributed by atoms with E-state index in [4.69, 9.17) is 15.6 Å². The van der Waals surface area contributed by atoms with Crippen LogP contribution in [0.5, 0.6) is 5.75 Å². The molecule has 1 saturated heterocycles. The normalized spacial score (nSPS) is 21.8. The highest BCUT2D eigenvalue weighted by Crippen LogP contribution is 2.43. The molecule has 166 valence electrons. The lowest BCUT2D eigenvalue weighted by Crippen LogP contribution is -2.48. The third-order valence-corrected chi connectivity index (χ3v) is 7.18. The van der Waals surface area contributed by atoms with Gasteiger partial charge in [0, 0.05) is 62.2 Å². The zero-order chi connectivity index (χ0) is 21.5. The molecule has 0 bridgehead atoms. The number of para-hydroxylation sites is 2. The predicted octanol–water partition coefficient (Wildman–Crippen LogP) is 3.97. The lowest BCUT2D eigenvalue weighted by molar-refractivity contribution is 0.0712. The van der Waals surface area contributed by atoms with E-state index in [0.29, 0.717) is 12.0 Å². The molecule has 6 heteroatoms. The molecule has 2 aliphatic heterocycles. The Hall–Kier alpha value is -2.83. The highest BCUT2D eigenvalue weighted by molar-refractivity contribution is 5.51. The van der Waals surface area contributed by atoms with Crippen LogP contribution in [-0.4, -0.2) is 52.4 Å². The van der Waals surface area contributed by atoms with Gasteiger partial charge in [0.15, 0.2) is 0 Å². The molecule has 1 atom stereocenters. The number of nitrogen functional groups attached to an aromatic ring is 1. The summed E-state index contributed by atoms with van der Waals surface area (Å²) in [7, 11) is 0. The molecule has 1 aromatic heterocycles. The van der Waals surface area contributed by atoms with Crippen molar-refractivity contribution < 1.29 is 4.74 Å². The van der Waals surface area contributed by atoms with Crippen molar-refractivity contribution in [2.75, 3.05) is 38.5 Å². The van der Waals surface area contributed by atoms with Crippen molar-refractivity contribution in [3.05, 3.63) is 71.4 Å². The summed E-state index contributed by atoms with van der Waals surface area (Å²) in [4.78, 5) is 5.19. The Bertz CT molecular complexity index is 1080. The quantitative estimate of drug-likeness (QED) is 0.665. The lowest BCUT2D eigenvalue weighted by Gasteiger charge is -2.41. The van der Waals surface area contributed by atoms with Crippen molar-refractivity contribution >= 4 is 5.82 Å². The monoisotopic (exact) mass is 429 g/mol. The van der Waals surface area contributed by atoms with Crippen LogP contribution in [0.15, 0.2) is 54.6 Å². The van der Waals surface area contributed by atoms with Crippen molar-refractivity contribution in [2.24, 2.45) is 0 Å². The van der Waals surface area contributed by atoms with Crippen molar-refractivity contribution in [2.45, 2.75) is 37.8 Å². The maximum atomic E-state index is 6.67. The minimum Gasteiger partial charge on any atom is -0.493 e. The number of aromatic nitrogens is 2. The van der Waals surface area contributed by atoms with Crippen LogP contribution in [0.1, 0.15) is 48.0 Å². The van der Waals surface area contributed by atoms with Gasteiger partial charge >= 0.3 is 0 Å². The Morgan fingerprint density at radius 3 is 2.44 bits per heavy atom. The van der Waals surface area contributed by atoms with Gasteiger partial charge in [-0.3, -0.25) is 9.80 Å². The number of rotatable bonds is 5. The zero-order valence-corrected chi connectivity index (χ0v) is 18.5. The molecule has 0 spiro atoms. The maximum absolute atomic E-state index is 6.67. The summed E-state index contributed by atoms with van der Waals surface area (Å²) in [6.45, 7) is 5.96. The fraction of sp³-hybridized carbons (Fsp3) is 0.423. The molecule has 3 aliphatic rings. The molecular formula is C26H31N5O. The van der Waals surface area contributed by atoms with Gasteiger partial charge < -0.3 is 10.5 Å². The summed E-state index contributed by atoms with van der Waals surface area (Å²) in [5.41, 5.74) is 11.5. The fourth-order valence-corrected chi connectivity index (χ4v) is 5.25. The topological polar surface area (TPSA) is 59.6 Å². The van der Waals surface area contributed by atoms with E-state index in [9.17, 15) is 0 Å². The molecule has 0 radical (unpaired) electrons. The molecule has 1 saturated carbocycles. The summed E-state index contributed by atoms with van der Waals surface area (Å²) in [5, 5.41) is 4.96. The summed E-state index contributed by atoms with van der Waals surface area (Å²) in [6.07, 6.45) is 3.53. The second-order valence-electron chi connectivity index (χ2n) is 9.27. The first-order chi connectivity index (χ1) is 15.8. The van der Waals surface area contributed by atoms with E-state index in [1.807, 2.05) is 22.9 Å². The third kappa shape index (κ3) is 3.67. The average Bonchev–Trinajstić information content (AvgIpc) is 3.64. The standard InChI is InChI=1S/C26H31N5O/c27-26-22(25(19-10-11-19)28-31(26)20-6-2-1-3-7-20)18-29-13-15-30(16-14-29)23-12-17-32-24-9-5-4-8-21(23)24/h1-9,19,23H,10-18,27H2. The number of hydrogen-bond acceptors (Lipinski definition) is 5. The highest BCUT2D eigenvalue weighted by Gasteiger charge is 2.34. The van der Waals surface area contributed by atoms with Crippen LogP contribution >= 0.6 is 0 Å². The molecule has 0 amide bonds. The molecule has 2 N–H and O–H groups in total. The largest absolute Gasteiger partial charge is 0.493 e. The van der Waals surface area contributed by atoms with Crippen molar-refractivity contribution in [1.82, 2.24) is 19.6 Å². The zero-order valence-electron chi connectivity index (χ0n) is 18.5. The van der Waals surface area contributed by atoms with Gasteiger partial charge in [0.05, 0.1) is 18.0 Å². The number of nitrogens with two attached hydrogens (primary N) is 1. The maximum Gasteiger partial charge on any atom is 0.132 e. The Labute approximate surface area is 189 Å². The van der Waals surface area contributed by atoms with Crippen LogP contribution in [0.25, 0.3) is 5.69 Å². The molecule has 2 fully saturated rings. The van der Waals surface area contributed by atoms with Gasteiger partial charge in [-0.25, -0.2) is 4.68 Å². The summed E-state index contributed by atoms with van der Waals surface area (Å²) in [5.74, 6) is 2.44. The molecule has 3 heterocycles. The van der Waals surface area contributed by atoms with Crippen LogP contribution in [-0.2, 0) is 6.54 Å². The van der Waals surface area contributed by atoms with E-state index in [2.05, 4.69) is 46.2 Å². The van der Waals surface area contributed by atoms with E-state index in [0.717, 1.165) is 63.0 Å². The first-order valence-corrected chi connectivity index (χ1v) is 11.9. The van der Waals surface area contributed by atoms with Gasteiger partial charge in [-0.15, -0.1) is 0 Å². The van der Waals surface area contributed by atoms with Crippen LogP contribution in [0.2, 0.25) is 0 Å². The fourth-order valence-electron chi connectivity index (χ4n) is 5.25. The molecule has 2 aromatic carbocycles. The minimum atomic E-state index is 0.468. The van der Waals surface area contributed by atoms with Crippen molar-refractivity contribution in [1.29, 1.82) is 0 Å². The van der Waals surface area contributed by atoms with Gasteiger partial charge in [-0.2, -0.15) is 5.10 Å². The van der Waals surface area contributed by atoms with Crippen molar-refractivity contribution in [3.8, 4) is 11.4 Å². The molecule has 1 unspecified atom stereocenters. The van der Waals surface area contributed by atoms with Crippen LogP contribution in [0.4, 0.5) is 5.82 Å². The number of fused-ring (bicyclic) bond motifs is 1. The average molecular weight is 430 g/mol. The van der Waals surface area contributed by atoms with Gasteiger partial charge in [-0.1, -0.05) is 36.4 Å². The van der Waals surface area contributed by atoms with E-state index in [1.54, 1.807) is 0 Å². The van der Waals surface area contributed by atoms with Gasteiger partial charge in [0.2, 0.25) is 0 Å². The van der Waals surface area contributed by atoms with Crippen LogP contribution in [0, 0.1) is 0 Å². The smallest absolute Gasteiger partial charge is 0.132 e. The highest BCUT2D eigenvalue weighted by atomic mass is 16.5. The second kappa shape index (κ2) is 8.26. The Balaban J connectivity index is 1.17. The molecule has 32 heavy (non-hydrogen) atoms.